The first-order valence-corrected chi connectivity index (χ1v) is 6.74. The summed E-state index contributed by atoms with van der Waals surface area (Å²) in [5.74, 6) is -0.366. The van der Waals surface area contributed by atoms with Crippen molar-refractivity contribution in [2.45, 2.75) is 64.1 Å². The highest BCUT2D eigenvalue weighted by atomic mass is 16.5. The molecule has 0 fully saturated rings. The smallest absolute Gasteiger partial charge is 0.305 e. The summed E-state index contributed by atoms with van der Waals surface area (Å²) < 4.78 is 4.79. The fourth-order valence-corrected chi connectivity index (χ4v) is 1.53. The van der Waals surface area contributed by atoms with Gasteiger partial charge in [0.25, 0.3) is 0 Å². The van der Waals surface area contributed by atoms with Gasteiger partial charge in [-0.15, -0.1) is 0 Å². The van der Waals surface area contributed by atoms with Gasteiger partial charge in [-0.25, -0.2) is 0 Å². The Labute approximate surface area is 109 Å². The molecule has 0 aromatic carbocycles. The summed E-state index contributed by atoms with van der Waals surface area (Å²) in [6.07, 6.45) is 4.44. The van der Waals surface area contributed by atoms with Gasteiger partial charge in [0, 0.05) is 6.42 Å². The Morgan fingerprint density at radius 1 is 1.06 bits per heavy atom. The summed E-state index contributed by atoms with van der Waals surface area (Å²) in [5.41, 5.74) is 0. The van der Waals surface area contributed by atoms with E-state index in [-0.39, 0.29) is 12.6 Å². The molecule has 0 bridgehead atoms. The van der Waals surface area contributed by atoms with Gasteiger partial charge in [0.2, 0.25) is 0 Å². The van der Waals surface area contributed by atoms with E-state index in [0.717, 1.165) is 19.3 Å². The van der Waals surface area contributed by atoms with Gasteiger partial charge in [0.05, 0.1) is 6.61 Å². The van der Waals surface area contributed by atoms with E-state index in [1.807, 2.05) is 0 Å². The second-order valence-electron chi connectivity index (χ2n) is 4.52. The van der Waals surface area contributed by atoms with E-state index in [9.17, 15) is 9.90 Å². The van der Waals surface area contributed by atoms with Crippen LogP contribution in [0.5, 0.6) is 0 Å². The molecule has 0 aromatic heterocycles. The molecule has 5 heteroatoms. The van der Waals surface area contributed by atoms with E-state index in [1.165, 1.54) is 19.3 Å². The second-order valence-corrected chi connectivity index (χ2v) is 4.52. The molecular formula is C13H26O5. The van der Waals surface area contributed by atoms with Crippen molar-refractivity contribution in [3.63, 3.8) is 0 Å². The maximum Gasteiger partial charge on any atom is 0.305 e. The third-order valence-corrected chi connectivity index (χ3v) is 2.78. The number of esters is 1. The van der Waals surface area contributed by atoms with E-state index < -0.39 is 18.8 Å². The van der Waals surface area contributed by atoms with Gasteiger partial charge in [0.1, 0.15) is 18.8 Å². The van der Waals surface area contributed by atoms with Crippen LogP contribution in [-0.4, -0.2) is 46.7 Å². The average Bonchev–Trinajstić information content (AvgIpc) is 2.38. The summed E-state index contributed by atoms with van der Waals surface area (Å²) in [5, 5.41) is 26.9. The molecule has 0 unspecified atom stereocenters. The Kier molecular flexibility index (Phi) is 11.0. The fraction of sp³-hybridized carbons (Fsp3) is 0.923. The minimum Gasteiger partial charge on any atom is -0.463 e. The first-order chi connectivity index (χ1) is 8.61. The van der Waals surface area contributed by atoms with Crippen molar-refractivity contribution in [1.82, 2.24) is 0 Å². The molecule has 0 rings (SSSR count). The Morgan fingerprint density at radius 2 is 1.67 bits per heavy atom. The maximum atomic E-state index is 11.3. The van der Waals surface area contributed by atoms with Crippen LogP contribution in [0, 0.1) is 0 Å². The van der Waals surface area contributed by atoms with Crippen LogP contribution in [0.1, 0.15) is 51.9 Å². The van der Waals surface area contributed by atoms with Crippen molar-refractivity contribution in [1.29, 1.82) is 0 Å². The number of aliphatic hydroxyl groups is 3. The molecule has 2 atom stereocenters. The van der Waals surface area contributed by atoms with Crippen LogP contribution in [0.15, 0.2) is 0 Å². The standard InChI is InChI=1S/C13H26O5/c1-2-3-4-5-6-7-8-13(17)18-10-12(16)11(15)9-14/h11-12,14-16H,2-10H2,1H3/t11-,12+/m1/s1. The number of unbranched alkanes of at least 4 members (excludes halogenated alkanes) is 5. The van der Waals surface area contributed by atoms with Crippen LogP contribution in [-0.2, 0) is 9.53 Å². The van der Waals surface area contributed by atoms with Crippen molar-refractivity contribution in [2.75, 3.05) is 13.2 Å². The zero-order valence-corrected chi connectivity index (χ0v) is 11.2. The summed E-state index contributed by atoms with van der Waals surface area (Å²) >= 11 is 0. The van der Waals surface area contributed by atoms with Gasteiger partial charge in [-0.3, -0.25) is 4.79 Å². The van der Waals surface area contributed by atoms with Crippen LogP contribution < -0.4 is 0 Å². The van der Waals surface area contributed by atoms with E-state index >= 15 is 0 Å². The fourth-order valence-electron chi connectivity index (χ4n) is 1.53. The van der Waals surface area contributed by atoms with Crippen LogP contribution in [0.4, 0.5) is 0 Å². The van der Waals surface area contributed by atoms with Gasteiger partial charge in [-0.1, -0.05) is 39.0 Å². The molecule has 0 heterocycles. The summed E-state index contributed by atoms with van der Waals surface area (Å²) in [7, 11) is 0. The van der Waals surface area contributed by atoms with Crippen molar-refractivity contribution in [2.24, 2.45) is 0 Å². The van der Waals surface area contributed by atoms with Crippen LogP contribution in [0.2, 0.25) is 0 Å². The SMILES string of the molecule is CCCCCCCCC(=O)OC[C@H](O)[C@H](O)CO. The lowest BCUT2D eigenvalue weighted by molar-refractivity contribution is -0.149. The molecule has 0 amide bonds. The van der Waals surface area contributed by atoms with E-state index in [1.54, 1.807) is 0 Å². The molecule has 0 radical (unpaired) electrons. The summed E-state index contributed by atoms with van der Waals surface area (Å²) in [4.78, 5) is 11.3. The second kappa shape index (κ2) is 11.4. The molecule has 0 spiro atoms. The molecule has 0 saturated heterocycles. The first-order valence-electron chi connectivity index (χ1n) is 6.74. The number of carbonyl (C=O) groups excluding carboxylic acids is 1. The molecule has 5 nitrogen and oxygen atoms in total. The lowest BCUT2D eigenvalue weighted by Crippen LogP contribution is -2.34. The van der Waals surface area contributed by atoms with Crippen molar-refractivity contribution >= 4 is 5.97 Å². The van der Waals surface area contributed by atoms with Crippen molar-refractivity contribution in [3.8, 4) is 0 Å². The third-order valence-electron chi connectivity index (χ3n) is 2.78. The quantitative estimate of drug-likeness (QED) is 0.382. The molecule has 0 aliphatic carbocycles. The summed E-state index contributed by atoms with van der Waals surface area (Å²) in [6.45, 7) is 1.34. The lowest BCUT2D eigenvalue weighted by atomic mass is 10.1. The lowest BCUT2D eigenvalue weighted by Gasteiger charge is -2.15. The number of carbonyl (C=O) groups is 1. The van der Waals surface area contributed by atoms with Crippen LogP contribution in [0.25, 0.3) is 0 Å². The summed E-state index contributed by atoms with van der Waals surface area (Å²) in [6, 6.07) is 0. The predicted molar refractivity (Wildman–Crippen MR) is 68.1 cm³/mol. The number of hydrogen-bond acceptors (Lipinski definition) is 5. The highest BCUT2D eigenvalue weighted by Crippen LogP contribution is 2.07. The highest BCUT2D eigenvalue weighted by Gasteiger charge is 2.16. The Hall–Kier alpha value is -0.650. The molecule has 18 heavy (non-hydrogen) atoms. The van der Waals surface area contributed by atoms with Crippen molar-refractivity contribution < 1.29 is 24.9 Å². The van der Waals surface area contributed by atoms with E-state index in [4.69, 9.17) is 14.9 Å². The number of ether oxygens (including phenoxy) is 1. The highest BCUT2D eigenvalue weighted by molar-refractivity contribution is 5.69. The molecular weight excluding hydrogens is 236 g/mol. The van der Waals surface area contributed by atoms with Gasteiger partial charge < -0.3 is 20.1 Å². The Bertz CT molecular complexity index is 208. The topological polar surface area (TPSA) is 87.0 Å². The Morgan fingerprint density at radius 3 is 2.28 bits per heavy atom. The Balaban J connectivity index is 3.43. The van der Waals surface area contributed by atoms with Gasteiger partial charge in [-0.05, 0) is 6.42 Å². The van der Waals surface area contributed by atoms with Crippen molar-refractivity contribution in [3.05, 3.63) is 0 Å². The third kappa shape index (κ3) is 9.39. The number of aliphatic hydroxyl groups excluding tert-OH is 3. The van der Waals surface area contributed by atoms with Gasteiger partial charge in [-0.2, -0.15) is 0 Å². The minimum atomic E-state index is -1.26. The van der Waals surface area contributed by atoms with Crippen LogP contribution >= 0.6 is 0 Å². The van der Waals surface area contributed by atoms with E-state index in [2.05, 4.69) is 6.92 Å². The molecule has 0 aliphatic rings. The monoisotopic (exact) mass is 262 g/mol. The zero-order chi connectivity index (χ0) is 13.8. The zero-order valence-electron chi connectivity index (χ0n) is 11.2. The number of rotatable bonds is 11. The number of hydrogen-bond donors (Lipinski definition) is 3. The first kappa shape index (κ1) is 17.4. The predicted octanol–water partition coefficient (Wildman–Crippen LogP) is 0.994. The maximum absolute atomic E-state index is 11.3. The molecule has 0 saturated carbocycles. The van der Waals surface area contributed by atoms with Gasteiger partial charge in [0.15, 0.2) is 0 Å². The molecule has 0 aliphatic heterocycles. The minimum absolute atomic E-state index is 0.267. The average molecular weight is 262 g/mol. The normalized spacial score (nSPS) is 14.2. The molecule has 0 aromatic rings. The largest absolute Gasteiger partial charge is 0.463 e. The van der Waals surface area contributed by atoms with E-state index in [0.29, 0.717) is 6.42 Å². The van der Waals surface area contributed by atoms with Gasteiger partial charge >= 0.3 is 5.97 Å². The molecule has 108 valence electrons. The van der Waals surface area contributed by atoms with Crippen LogP contribution in [0.3, 0.4) is 0 Å². The molecule has 3 N–H and O–H groups in total.